The summed E-state index contributed by atoms with van der Waals surface area (Å²) >= 11 is 6.98. The van der Waals surface area contributed by atoms with E-state index in [-0.39, 0.29) is 11.2 Å². The Morgan fingerprint density at radius 2 is 2.09 bits per heavy atom. The van der Waals surface area contributed by atoms with Gasteiger partial charge < -0.3 is 5.32 Å². The average Bonchev–Trinajstić information content (AvgIpc) is 2.47. The van der Waals surface area contributed by atoms with Crippen molar-refractivity contribution < 1.29 is 4.79 Å². The van der Waals surface area contributed by atoms with E-state index in [1.807, 2.05) is 24.4 Å². The maximum Gasteiger partial charge on any atom is 0.160 e. The quantitative estimate of drug-likeness (QED) is 0.569. The van der Waals surface area contributed by atoms with Crippen molar-refractivity contribution in [1.29, 1.82) is 0 Å². The lowest BCUT2D eigenvalue weighted by Gasteiger charge is -2.36. The number of anilines is 1. The van der Waals surface area contributed by atoms with Crippen molar-refractivity contribution in [3.63, 3.8) is 0 Å². The smallest absolute Gasteiger partial charge is 0.160 e. The molecule has 0 bridgehead atoms. The minimum absolute atomic E-state index is 0.281. The number of benzene rings is 1. The van der Waals surface area contributed by atoms with Crippen LogP contribution in [0.3, 0.4) is 0 Å². The molecule has 1 aromatic carbocycles. The Balaban J connectivity index is 2.13. The molecule has 1 saturated carbocycles. The van der Waals surface area contributed by atoms with Crippen LogP contribution < -0.4 is 5.32 Å². The fourth-order valence-corrected chi connectivity index (χ4v) is 3.98. The first-order valence-corrected chi connectivity index (χ1v) is 9.36. The van der Waals surface area contributed by atoms with Gasteiger partial charge >= 0.3 is 0 Å². The summed E-state index contributed by atoms with van der Waals surface area (Å²) in [5, 5.41) is 3.28. The lowest BCUT2D eigenvalue weighted by molar-refractivity contribution is -0.117. The third-order valence-electron chi connectivity index (χ3n) is 4.89. The number of Topliss-reactive ketones (excluding diaryl/α,β-unsaturated/α-hetero) is 1. The van der Waals surface area contributed by atoms with E-state index in [0.717, 1.165) is 39.5 Å². The van der Waals surface area contributed by atoms with Gasteiger partial charge in [-0.1, -0.05) is 43.1 Å². The Morgan fingerprint density at radius 3 is 2.73 bits per heavy atom. The number of nitrogens with one attached hydrogen (secondary N) is 1. The summed E-state index contributed by atoms with van der Waals surface area (Å²) in [4.78, 5) is 12.2. The van der Waals surface area contributed by atoms with E-state index in [0.29, 0.717) is 12.3 Å². The Morgan fingerprint density at radius 1 is 1.36 bits per heavy atom. The topological polar surface area (TPSA) is 29.1 Å². The number of ketones is 1. The van der Waals surface area contributed by atoms with Crippen LogP contribution in [0.2, 0.25) is 0 Å². The molecule has 1 N–H and O–H groups in total. The van der Waals surface area contributed by atoms with Gasteiger partial charge in [-0.25, -0.2) is 0 Å². The summed E-state index contributed by atoms with van der Waals surface area (Å²) in [6.45, 7) is 6.85. The first-order valence-electron chi connectivity index (χ1n) is 7.77. The predicted octanol–water partition coefficient (Wildman–Crippen LogP) is 6.31. The monoisotopic (exact) mass is 427 g/mol. The summed E-state index contributed by atoms with van der Waals surface area (Å²) < 4.78 is 2.00. The van der Waals surface area contributed by atoms with Gasteiger partial charge in [-0.15, -0.1) is 0 Å². The van der Waals surface area contributed by atoms with Gasteiger partial charge in [0.2, 0.25) is 0 Å². The fourth-order valence-electron chi connectivity index (χ4n) is 2.81. The Labute approximate surface area is 150 Å². The molecule has 0 radical (unpaired) electrons. The van der Waals surface area contributed by atoms with E-state index >= 15 is 0 Å². The molecule has 2 nitrogen and oxygen atoms in total. The van der Waals surface area contributed by atoms with E-state index in [2.05, 4.69) is 57.9 Å². The van der Waals surface area contributed by atoms with Crippen molar-refractivity contribution in [2.24, 2.45) is 11.3 Å². The lowest BCUT2D eigenvalue weighted by atomic mass is 9.68. The normalized spacial score (nSPS) is 21.2. The predicted molar refractivity (Wildman–Crippen MR) is 100.0 cm³/mol. The van der Waals surface area contributed by atoms with Gasteiger partial charge in [0.25, 0.3) is 0 Å². The zero-order valence-electron chi connectivity index (χ0n) is 13.4. The molecule has 1 aliphatic rings. The standard InChI is InChI=1S/C18H23Br2NO/c1-4-18(2,3)13-5-8-17(22)12(9-13)11-21-16-7-6-14(19)10-15(16)20/h6-7,10-11,13,21H,4-5,8-9H2,1-3H3/b12-11+/t13-/m0/s1. The zero-order chi connectivity index (χ0) is 16.3. The second-order valence-electron chi connectivity index (χ2n) is 6.64. The van der Waals surface area contributed by atoms with Crippen LogP contribution in [0.4, 0.5) is 5.69 Å². The number of hydrogen-bond acceptors (Lipinski definition) is 2. The molecule has 0 saturated heterocycles. The largest absolute Gasteiger partial charge is 0.360 e. The molecule has 0 aromatic heterocycles. The van der Waals surface area contributed by atoms with Gasteiger partial charge in [0, 0.05) is 27.1 Å². The first-order chi connectivity index (χ1) is 10.3. The molecule has 0 aliphatic heterocycles. The van der Waals surface area contributed by atoms with Crippen LogP contribution in [0.25, 0.3) is 0 Å². The lowest BCUT2D eigenvalue weighted by Crippen LogP contribution is -2.29. The van der Waals surface area contributed by atoms with Crippen LogP contribution in [0.5, 0.6) is 0 Å². The van der Waals surface area contributed by atoms with Crippen molar-refractivity contribution in [3.05, 3.63) is 38.9 Å². The summed E-state index contributed by atoms with van der Waals surface area (Å²) in [7, 11) is 0. The Bertz CT molecular complexity index is 593. The number of carbonyl (C=O) groups is 1. The summed E-state index contributed by atoms with van der Waals surface area (Å²) in [6, 6.07) is 5.97. The van der Waals surface area contributed by atoms with Crippen LogP contribution in [-0.4, -0.2) is 5.78 Å². The van der Waals surface area contributed by atoms with Crippen LogP contribution >= 0.6 is 31.9 Å². The molecule has 120 valence electrons. The minimum atomic E-state index is 0.281. The molecule has 1 atom stereocenters. The molecule has 0 amide bonds. The fraction of sp³-hybridized carbons (Fsp3) is 0.500. The van der Waals surface area contributed by atoms with E-state index in [1.54, 1.807) is 0 Å². The maximum absolute atomic E-state index is 12.2. The molecule has 0 unspecified atom stereocenters. The maximum atomic E-state index is 12.2. The Hall–Kier alpha value is -0.610. The SMILES string of the molecule is CCC(C)(C)[C@H]1CCC(=O)/C(=C/Nc2ccc(Br)cc2Br)C1. The van der Waals surface area contributed by atoms with Gasteiger partial charge in [0.1, 0.15) is 0 Å². The average molecular weight is 429 g/mol. The third kappa shape index (κ3) is 4.23. The molecule has 0 spiro atoms. The highest BCUT2D eigenvalue weighted by atomic mass is 79.9. The van der Waals surface area contributed by atoms with Crippen LogP contribution in [0, 0.1) is 11.3 Å². The highest BCUT2D eigenvalue weighted by Crippen LogP contribution is 2.41. The van der Waals surface area contributed by atoms with Gasteiger partial charge in [-0.05, 0) is 58.3 Å². The van der Waals surface area contributed by atoms with Gasteiger partial charge in [-0.2, -0.15) is 0 Å². The van der Waals surface area contributed by atoms with Crippen molar-refractivity contribution in [1.82, 2.24) is 0 Å². The molecular formula is C18H23Br2NO. The van der Waals surface area contributed by atoms with Crippen molar-refractivity contribution >= 4 is 43.3 Å². The first kappa shape index (κ1) is 17.7. The van der Waals surface area contributed by atoms with Crippen LogP contribution in [0.1, 0.15) is 46.5 Å². The summed E-state index contributed by atoms with van der Waals surface area (Å²) in [5.74, 6) is 0.862. The zero-order valence-corrected chi connectivity index (χ0v) is 16.6. The number of hydrogen-bond donors (Lipinski definition) is 1. The molecule has 0 heterocycles. The highest BCUT2D eigenvalue weighted by molar-refractivity contribution is 9.11. The molecule has 1 aliphatic carbocycles. The van der Waals surface area contributed by atoms with E-state index in [1.165, 1.54) is 0 Å². The number of halogens is 2. The van der Waals surface area contributed by atoms with Gasteiger partial charge in [0.15, 0.2) is 5.78 Å². The molecule has 2 rings (SSSR count). The molecule has 1 aromatic rings. The molecule has 4 heteroatoms. The number of rotatable bonds is 4. The molecular weight excluding hydrogens is 406 g/mol. The van der Waals surface area contributed by atoms with Gasteiger partial charge in [0.05, 0.1) is 5.69 Å². The highest BCUT2D eigenvalue weighted by Gasteiger charge is 2.33. The minimum Gasteiger partial charge on any atom is -0.360 e. The van der Waals surface area contributed by atoms with Crippen LogP contribution in [0.15, 0.2) is 38.9 Å². The number of allylic oxidation sites excluding steroid dienone is 1. The second kappa shape index (κ2) is 7.31. The second-order valence-corrected chi connectivity index (χ2v) is 8.41. The molecule has 22 heavy (non-hydrogen) atoms. The Kier molecular flexibility index (Phi) is 5.89. The van der Waals surface area contributed by atoms with Crippen molar-refractivity contribution in [3.8, 4) is 0 Å². The number of carbonyl (C=O) groups excluding carboxylic acids is 1. The van der Waals surface area contributed by atoms with E-state index in [4.69, 9.17) is 0 Å². The summed E-state index contributed by atoms with van der Waals surface area (Å²) in [6.07, 6.45) is 5.60. The van der Waals surface area contributed by atoms with E-state index < -0.39 is 0 Å². The van der Waals surface area contributed by atoms with Crippen molar-refractivity contribution in [2.45, 2.75) is 46.5 Å². The third-order valence-corrected chi connectivity index (χ3v) is 6.04. The summed E-state index contributed by atoms with van der Waals surface area (Å²) in [5.41, 5.74) is 2.19. The van der Waals surface area contributed by atoms with Crippen molar-refractivity contribution in [2.75, 3.05) is 5.32 Å². The van der Waals surface area contributed by atoms with Crippen LogP contribution in [-0.2, 0) is 4.79 Å². The molecule has 1 fully saturated rings. The van der Waals surface area contributed by atoms with Gasteiger partial charge in [-0.3, -0.25) is 4.79 Å². The van der Waals surface area contributed by atoms with E-state index in [9.17, 15) is 4.79 Å².